The molecule has 2 aromatic rings. The third kappa shape index (κ3) is 1.84. The summed E-state index contributed by atoms with van der Waals surface area (Å²) >= 11 is 0. The van der Waals surface area contributed by atoms with Gasteiger partial charge in [0.15, 0.2) is 0 Å². The first-order valence-corrected chi connectivity index (χ1v) is 4.89. The first-order valence-electron chi connectivity index (χ1n) is 4.89. The van der Waals surface area contributed by atoms with Crippen molar-refractivity contribution in [3.05, 3.63) is 47.8 Å². The summed E-state index contributed by atoms with van der Waals surface area (Å²) < 4.78 is 0. The van der Waals surface area contributed by atoms with Crippen LogP contribution >= 0.6 is 0 Å². The second-order valence-electron chi connectivity index (χ2n) is 3.68. The van der Waals surface area contributed by atoms with Gasteiger partial charge in [0, 0.05) is 11.8 Å². The average Bonchev–Trinajstić information content (AvgIpc) is 2.22. The number of rotatable bonds is 1. The highest BCUT2D eigenvalue weighted by Gasteiger charge is 2.04. The lowest BCUT2D eigenvalue weighted by molar-refractivity contribution is 0.473. The van der Waals surface area contributed by atoms with Crippen LogP contribution in [-0.4, -0.2) is 10.1 Å². The summed E-state index contributed by atoms with van der Waals surface area (Å²) in [6.45, 7) is 4.16. The lowest BCUT2D eigenvalue weighted by Crippen LogP contribution is -1.87. The molecule has 0 unspecified atom stereocenters. The lowest BCUT2D eigenvalue weighted by Gasteiger charge is -2.08. The van der Waals surface area contributed by atoms with Crippen LogP contribution in [0.3, 0.4) is 0 Å². The minimum absolute atomic E-state index is 0.202. The molecular weight excluding hydrogens is 186 g/mol. The number of aromatic hydroxyl groups is 1. The van der Waals surface area contributed by atoms with E-state index in [1.54, 1.807) is 12.3 Å². The van der Waals surface area contributed by atoms with Gasteiger partial charge in [-0.3, -0.25) is 4.98 Å². The molecule has 0 saturated carbocycles. The normalized spacial score (nSPS) is 10.3. The van der Waals surface area contributed by atoms with Crippen molar-refractivity contribution in [1.82, 2.24) is 4.98 Å². The van der Waals surface area contributed by atoms with Crippen LogP contribution in [-0.2, 0) is 0 Å². The smallest absolute Gasteiger partial charge is 0.134 e. The number of hydrogen-bond donors (Lipinski definition) is 1. The minimum Gasteiger partial charge on any atom is -0.506 e. The number of nitrogens with zero attached hydrogens (tertiary/aromatic N) is 1. The van der Waals surface area contributed by atoms with Crippen LogP contribution in [0.1, 0.15) is 11.1 Å². The summed E-state index contributed by atoms with van der Waals surface area (Å²) in [6, 6.07) is 7.87. The number of aromatic nitrogens is 1. The Hall–Kier alpha value is -1.83. The molecule has 0 saturated heterocycles. The van der Waals surface area contributed by atoms with Crippen LogP contribution in [0.5, 0.6) is 5.75 Å². The van der Waals surface area contributed by atoms with Crippen molar-refractivity contribution < 1.29 is 5.11 Å². The van der Waals surface area contributed by atoms with Crippen molar-refractivity contribution in [2.45, 2.75) is 13.8 Å². The van der Waals surface area contributed by atoms with Gasteiger partial charge < -0.3 is 5.11 Å². The topological polar surface area (TPSA) is 33.1 Å². The van der Waals surface area contributed by atoms with E-state index in [0.717, 1.165) is 11.1 Å². The molecule has 0 aliphatic carbocycles. The van der Waals surface area contributed by atoms with E-state index in [4.69, 9.17) is 0 Å². The van der Waals surface area contributed by atoms with Gasteiger partial charge in [-0.15, -0.1) is 0 Å². The summed E-state index contributed by atoms with van der Waals surface area (Å²) in [5, 5.41) is 9.37. The van der Waals surface area contributed by atoms with Gasteiger partial charge >= 0.3 is 0 Å². The Labute approximate surface area is 89.2 Å². The second-order valence-corrected chi connectivity index (χ2v) is 3.68. The molecule has 2 heteroatoms. The summed E-state index contributed by atoms with van der Waals surface area (Å²) in [4.78, 5) is 3.98. The maximum atomic E-state index is 9.37. The molecule has 0 bridgehead atoms. The standard InChI is InChI=1S/C13H13NO/c1-9-4-3-5-13(10(9)2)11-6-12(15)8-14-7-11/h3-8,15H,1-2H3. The first kappa shape index (κ1) is 9.71. The molecule has 1 aromatic carbocycles. The summed E-state index contributed by atoms with van der Waals surface area (Å²) in [6.07, 6.45) is 3.20. The van der Waals surface area contributed by atoms with Crippen LogP contribution in [0.25, 0.3) is 11.1 Å². The van der Waals surface area contributed by atoms with Crippen LogP contribution in [0.2, 0.25) is 0 Å². The number of pyridine rings is 1. The van der Waals surface area contributed by atoms with E-state index in [9.17, 15) is 5.11 Å². The van der Waals surface area contributed by atoms with Gasteiger partial charge in [-0.2, -0.15) is 0 Å². The highest BCUT2D eigenvalue weighted by Crippen LogP contribution is 2.26. The van der Waals surface area contributed by atoms with Crippen molar-refractivity contribution in [1.29, 1.82) is 0 Å². The molecule has 1 N–H and O–H groups in total. The number of benzene rings is 1. The Morgan fingerprint density at radius 2 is 1.93 bits per heavy atom. The van der Waals surface area contributed by atoms with Crippen LogP contribution in [0, 0.1) is 13.8 Å². The Kier molecular flexibility index (Phi) is 2.42. The van der Waals surface area contributed by atoms with Crippen molar-refractivity contribution in [2.24, 2.45) is 0 Å². The minimum atomic E-state index is 0.202. The van der Waals surface area contributed by atoms with Crippen molar-refractivity contribution in [2.75, 3.05) is 0 Å². The van der Waals surface area contributed by atoms with Crippen LogP contribution in [0.4, 0.5) is 0 Å². The zero-order valence-corrected chi connectivity index (χ0v) is 8.86. The van der Waals surface area contributed by atoms with Gasteiger partial charge in [-0.25, -0.2) is 0 Å². The molecule has 1 heterocycles. The fourth-order valence-corrected chi connectivity index (χ4v) is 1.64. The van der Waals surface area contributed by atoms with Crippen LogP contribution in [0.15, 0.2) is 36.7 Å². The quantitative estimate of drug-likeness (QED) is 0.765. The Balaban J connectivity index is 2.59. The van der Waals surface area contributed by atoms with Gasteiger partial charge in [0.25, 0.3) is 0 Å². The van der Waals surface area contributed by atoms with Crippen molar-refractivity contribution in [3.63, 3.8) is 0 Å². The van der Waals surface area contributed by atoms with E-state index < -0.39 is 0 Å². The fourth-order valence-electron chi connectivity index (χ4n) is 1.64. The molecule has 0 fully saturated rings. The second kappa shape index (κ2) is 3.73. The monoisotopic (exact) mass is 199 g/mol. The van der Waals surface area contributed by atoms with Gasteiger partial charge in [0.2, 0.25) is 0 Å². The summed E-state index contributed by atoms with van der Waals surface area (Å²) in [5.74, 6) is 0.202. The van der Waals surface area contributed by atoms with Crippen LogP contribution < -0.4 is 0 Å². The predicted molar refractivity (Wildman–Crippen MR) is 60.8 cm³/mol. The van der Waals surface area contributed by atoms with Crippen molar-refractivity contribution >= 4 is 0 Å². The van der Waals surface area contributed by atoms with Gasteiger partial charge in [0.1, 0.15) is 5.75 Å². The van der Waals surface area contributed by atoms with Gasteiger partial charge in [-0.05, 0) is 36.6 Å². The highest BCUT2D eigenvalue weighted by atomic mass is 16.3. The largest absolute Gasteiger partial charge is 0.506 e. The highest BCUT2D eigenvalue weighted by molar-refractivity contribution is 5.68. The fraction of sp³-hybridized carbons (Fsp3) is 0.154. The molecule has 0 radical (unpaired) electrons. The van der Waals surface area contributed by atoms with E-state index in [2.05, 4.69) is 24.9 Å². The molecule has 1 aromatic heterocycles. The maximum absolute atomic E-state index is 9.37. The third-order valence-corrected chi connectivity index (χ3v) is 2.64. The molecule has 76 valence electrons. The molecule has 15 heavy (non-hydrogen) atoms. The zero-order valence-electron chi connectivity index (χ0n) is 8.86. The molecular formula is C13H13NO. The predicted octanol–water partition coefficient (Wildman–Crippen LogP) is 3.07. The molecule has 0 aliphatic heterocycles. The SMILES string of the molecule is Cc1cccc(-c2cncc(O)c2)c1C. The Bertz CT molecular complexity index is 492. The van der Waals surface area contributed by atoms with E-state index in [0.29, 0.717) is 0 Å². The third-order valence-electron chi connectivity index (χ3n) is 2.64. The van der Waals surface area contributed by atoms with E-state index in [-0.39, 0.29) is 5.75 Å². The summed E-state index contributed by atoms with van der Waals surface area (Å²) in [7, 11) is 0. The molecule has 0 aliphatic rings. The summed E-state index contributed by atoms with van der Waals surface area (Å²) in [5.41, 5.74) is 4.55. The van der Waals surface area contributed by atoms with E-state index >= 15 is 0 Å². The van der Waals surface area contributed by atoms with Gasteiger partial charge in [-0.1, -0.05) is 18.2 Å². The number of aryl methyl sites for hydroxylation is 1. The molecule has 0 amide bonds. The molecule has 0 spiro atoms. The molecule has 0 atom stereocenters. The molecule has 2 rings (SSSR count). The maximum Gasteiger partial charge on any atom is 0.134 e. The Morgan fingerprint density at radius 1 is 1.13 bits per heavy atom. The van der Waals surface area contributed by atoms with Gasteiger partial charge in [0.05, 0.1) is 6.20 Å². The lowest BCUT2D eigenvalue weighted by atomic mass is 9.98. The van der Waals surface area contributed by atoms with E-state index in [1.807, 2.05) is 12.1 Å². The molecule has 2 nitrogen and oxygen atoms in total. The van der Waals surface area contributed by atoms with E-state index in [1.165, 1.54) is 17.3 Å². The zero-order chi connectivity index (χ0) is 10.8. The first-order chi connectivity index (χ1) is 7.18. The number of hydrogen-bond acceptors (Lipinski definition) is 2. The van der Waals surface area contributed by atoms with Crippen molar-refractivity contribution in [3.8, 4) is 16.9 Å². The Morgan fingerprint density at radius 3 is 2.67 bits per heavy atom. The average molecular weight is 199 g/mol.